The minimum absolute atomic E-state index is 0.0375. The van der Waals surface area contributed by atoms with Crippen LogP contribution in [0.2, 0.25) is 0 Å². The molecule has 0 aromatic heterocycles. The Morgan fingerprint density at radius 2 is 2.11 bits per heavy atom. The Balaban J connectivity index is 2.68. The lowest BCUT2D eigenvalue weighted by molar-refractivity contribution is -0.386. The summed E-state index contributed by atoms with van der Waals surface area (Å²) < 4.78 is 16.0. The topological polar surface area (TPSA) is 70.8 Å². The van der Waals surface area contributed by atoms with Crippen molar-refractivity contribution < 1.29 is 19.1 Å². The van der Waals surface area contributed by atoms with E-state index in [0.717, 1.165) is 9.13 Å². The van der Waals surface area contributed by atoms with Gasteiger partial charge in [-0.25, -0.2) is 0 Å². The molecule has 0 aliphatic rings. The molecule has 100 valence electrons. The van der Waals surface area contributed by atoms with Crippen LogP contribution in [0.15, 0.2) is 12.1 Å². The van der Waals surface area contributed by atoms with Crippen molar-refractivity contribution in [3.63, 3.8) is 0 Å². The predicted molar refractivity (Wildman–Crippen MR) is 73.9 cm³/mol. The maximum absolute atomic E-state index is 10.9. The summed E-state index contributed by atoms with van der Waals surface area (Å²) in [6.07, 6.45) is 0. The number of nitrogens with zero attached hydrogens (tertiary/aromatic N) is 1. The zero-order chi connectivity index (χ0) is 13.5. The van der Waals surface area contributed by atoms with Crippen molar-refractivity contribution in [3.8, 4) is 5.75 Å². The second-order valence-corrected chi connectivity index (χ2v) is 4.65. The number of ether oxygens (including phenoxy) is 3. The van der Waals surface area contributed by atoms with Crippen LogP contribution >= 0.6 is 22.6 Å². The smallest absolute Gasteiger partial charge is 0.312 e. The van der Waals surface area contributed by atoms with Crippen molar-refractivity contribution in [3.05, 3.63) is 31.4 Å². The fourth-order valence-corrected chi connectivity index (χ4v) is 1.66. The SMILES string of the molecule is COCCOCOc1cc(C)c(I)cc1[N+](=O)[O-]. The summed E-state index contributed by atoms with van der Waals surface area (Å²) >= 11 is 2.05. The molecule has 1 rings (SSSR count). The van der Waals surface area contributed by atoms with E-state index in [1.54, 1.807) is 13.2 Å². The number of nitro groups is 1. The third-order valence-corrected chi connectivity index (χ3v) is 3.33. The van der Waals surface area contributed by atoms with E-state index in [2.05, 4.69) is 0 Å². The van der Waals surface area contributed by atoms with Gasteiger partial charge in [0.25, 0.3) is 0 Å². The molecule has 18 heavy (non-hydrogen) atoms. The molecule has 0 unspecified atom stereocenters. The van der Waals surface area contributed by atoms with Crippen molar-refractivity contribution >= 4 is 28.3 Å². The third kappa shape index (κ3) is 4.39. The van der Waals surface area contributed by atoms with Crippen molar-refractivity contribution in [2.24, 2.45) is 0 Å². The number of rotatable bonds is 7. The van der Waals surface area contributed by atoms with Gasteiger partial charge < -0.3 is 14.2 Å². The zero-order valence-electron chi connectivity index (χ0n) is 10.1. The molecule has 0 saturated heterocycles. The first-order valence-electron chi connectivity index (χ1n) is 5.20. The van der Waals surface area contributed by atoms with Gasteiger partial charge in [-0.2, -0.15) is 0 Å². The molecule has 0 aliphatic carbocycles. The Bertz CT molecular complexity index is 424. The minimum Gasteiger partial charge on any atom is -0.460 e. The zero-order valence-corrected chi connectivity index (χ0v) is 12.3. The van der Waals surface area contributed by atoms with E-state index < -0.39 is 4.92 Å². The Morgan fingerprint density at radius 1 is 1.39 bits per heavy atom. The van der Waals surface area contributed by atoms with Gasteiger partial charge in [-0.15, -0.1) is 0 Å². The standard InChI is InChI=1S/C11H14INO5/c1-8-5-11(18-7-17-4-3-16-2)10(13(14)15)6-9(8)12/h5-6H,3-4,7H2,1-2H3. The molecule has 0 fully saturated rings. The number of halogens is 1. The highest BCUT2D eigenvalue weighted by Crippen LogP contribution is 2.31. The lowest BCUT2D eigenvalue weighted by Gasteiger charge is -2.09. The molecule has 0 bridgehead atoms. The molecule has 0 spiro atoms. The summed E-state index contributed by atoms with van der Waals surface area (Å²) in [5.74, 6) is 0.218. The van der Waals surface area contributed by atoms with Crippen LogP contribution in [0, 0.1) is 20.6 Å². The van der Waals surface area contributed by atoms with Crippen LogP contribution in [0.1, 0.15) is 5.56 Å². The second kappa shape index (κ2) is 7.49. The van der Waals surface area contributed by atoms with E-state index in [9.17, 15) is 10.1 Å². The number of benzene rings is 1. The number of methoxy groups -OCH3 is 1. The fourth-order valence-electron chi connectivity index (χ4n) is 1.21. The quantitative estimate of drug-likeness (QED) is 0.244. The molecule has 0 radical (unpaired) electrons. The molecule has 1 aromatic rings. The normalized spacial score (nSPS) is 10.4. The Labute approximate surface area is 119 Å². The molecule has 6 nitrogen and oxygen atoms in total. The van der Waals surface area contributed by atoms with Gasteiger partial charge in [0.2, 0.25) is 0 Å². The van der Waals surface area contributed by atoms with Gasteiger partial charge in [-0.3, -0.25) is 10.1 Å². The number of aryl methyl sites for hydroxylation is 1. The predicted octanol–water partition coefficient (Wildman–Crippen LogP) is 2.51. The highest BCUT2D eigenvalue weighted by atomic mass is 127. The van der Waals surface area contributed by atoms with Crippen molar-refractivity contribution in [1.82, 2.24) is 0 Å². The Kier molecular flexibility index (Phi) is 6.30. The van der Waals surface area contributed by atoms with Gasteiger partial charge in [0.1, 0.15) is 0 Å². The largest absolute Gasteiger partial charge is 0.460 e. The van der Waals surface area contributed by atoms with Crippen LogP contribution in [-0.2, 0) is 9.47 Å². The number of hydrogen-bond acceptors (Lipinski definition) is 5. The van der Waals surface area contributed by atoms with Gasteiger partial charge in [0, 0.05) is 16.7 Å². The molecule has 0 heterocycles. The summed E-state index contributed by atoms with van der Waals surface area (Å²) in [7, 11) is 1.57. The monoisotopic (exact) mass is 367 g/mol. The van der Waals surface area contributed by atoms with Gasteiger partial charge in [0.05, 0.1) is 18.1 Å². The van der Waals surface area contributed by atoms with E-state index in [1.807, 2.05) is 29.5 Å². The molecule has 0 N–H and O–H groups in total. The highest BCUT2D eigenvalue weighted by Gasteiger charge is 2.17. The van der Waals surface area contributed by atoms with E-state index in [4.69, 9.17) is 14.2 Å². The molecule has 1 aromatic carbocycles. The maximum Gasteiger partial charge on any atom is 0.312 e. The minimum atomic E-state index is -0.466. The van der Waals surface area contributed by atoms with Crippen LogP contribution in [-0.4, -0.2) is 32.0 Å². The maximum atomic E-state index is 10.9. The molecule has 0 aliphatic heterocycles. The Hall–Kier alpha value is -0.930. The highest BCUT2D eigenvalue weighted by molar-refractivity contribution is 14.1. The lowest BCUT2D eigenvalue weighted by Crippen LogP contribution is -2.09. The van der Waals surface area contributed by atoms with E-state index >= 15 is 0 Å². The third-order valence-electron chi connectivity index (χ3n) is 2.17. The van der Waals surface area contributed by atoms with Crippen molar-refractivity contribution in [2.45, 2.75) is 6.92 Å². The van der Waals surface area contributed by atoms with Gasteiger partial charge in [-0.1, -0.05) is 0 Å². The van der Waals surface area contributed by atoms with Crippen LogP contribution in [0.3, 0.4) is 0 Å². The Morgan fingerprint density at radius 3 is 2.72 bits per heavy atom. The number of nitro benzene ring substituents is 1. The molecule has 0 amide bonds. The summed E-state index contributed by atoms with van der Waals surface area (Å²) in [5.41, 5.74) is 0.869. The lowest BCUT2D eigenvalue weighted by atomic mass is 10.2. The fraction of sp³-hybridized carbons (Fsp3) is 0.455. The van der Waals surface area contributed by atoms with E-state index in [1.165, 1.54) is 6.07 Å². The van der Waals surface area contributed by atoms with Gasteiger partial charge in [0.15, 0.2) is 12.5 Å². The van der Waals surface area contributed by atoms with Crippen molar-refractivity contribution in [2.75, 3.05) is 27.1 Å². The molecular formula is C11H14INO5. The average molecular weight is 367 g/mol. The average Bonchev–Trinajstić information content (AvgIpc) is 2.32. The second-order valence-electron chi connectivity index (χ2n) is 3.49. The van der Waals surface area contributed by atoms with Crippen LogP contribution in [0.4, 0.5) is 5.69 Å². The summed E-state index contributed by atoms with van der Waals surface area (Å²) in [5, 5.41) is 10.9. The first-order valence-corrected chi connectivity index (χ1v) is 6.28. The molecule has 7 heteroatoms. The van der Waals surface area contributed by atoms with Crippen LogP contribution in [0.25, 0.3) is 0 Å². The molecule has 0 atom stereocenters. The van der Waals surface area contributed by atoms with E-state index in [-0.39, 0.29) is 18.2 Å². The summed E-state index contributed by atoms with van der Waals surface area (Å²) in [4.78, 5) is 10.4. The molecule has 0 saturated carbocycles. The first-order chi connectivity index (χ1) is 8.56. The number of hydrogen-bond donors (Lipinski definition) is 0. The van der Waals surface area contributed by atoms with Gasteiger partial charge in [-0.05, 0) is 41.1 Å². The van der Waals surface area contributed by atoms with Gasteiger partial charge >= 0.3 is 5.69 Å². The molecular weight excluding hydrogens is 353 g/mol. The van der Waals surface area contributed by atoms with Crippen LogP contribution in [0.5, 0.6) is 5.75 Å². The van der Waals surface area contributed by atoms with E-state index in [0.29, 0.717) is 13.2 Å². The van der Waals surface area contributed by atoms with Crippen LogP contribution < -0.4 is 4.74 Å². The van der Waals surface area contributed by atoms with Crippen molar-refractivity contribution in [1.29, 1.82) is 0 Å². The summed E-state index contributed by atoms with van der Waals surface area (Å²) in [6, 6.07) is 3.12. The first kappa shape index (κ1) is 15.1. The summed E-state index contributed by atoms with van der Waals surface area (Å²) in [6.45, 7) is 2.67.